The molecule has 3 N–H and O–H groups in total. The Labute approximate surface area is 156 Å². The molecular formula is C19H21FN6O. The normalized spacial score (nSPS) is 11.3. The first kappa shape index (κ1) is 18.4. The fourth-order valence-electron chi connectivity index (χ4n) is 2.42. The van der Waals surface area contributed by atoms with Crippen molar-refractivity contribution in [2.45, 2.75) is 13.1 Å². The number of ether oxygens (including phenoxy) is 1. The van der Waals surface area contributed by atoms with E-state index in [9.17, 15) is 4.39 Å². The number of aromatic nitrogens is 3. The molecule has 3 rings (SSSR count). The fourth-order valence-corrected chi connectivity index (χ4v) is 2.42. The van der Waals surface area contributed by atoms with Gasteiger partial charge in [-0.25, -0.2) is 9.37 Å². The van der Waals surface area contributed by atoms with Gasteiger partial charge in [-0.2, -0.15) is 5.10 Å². The number of aromatic amines is 1. The second-order valence-corrected chi connectivity index (χ2v) is 5.74. The number of aliphatic imine (C=N–C) groups is 1. The molecular weight excluding hydrogens is 347 g/mol. The Kier molecular flexibility index (Phi) is 5.98. The van der Waals surface area contributed by atoms with Crippen LogP contribution in [-0.4, -0.2) is 35.3 Å². The van der Waals surface area contributed by atoms with Gasteiger partial charge in [0.1, 0.15) is 17.4 Å². The molecule has 1 heterocycles. The van der Waals surface area contributed by atoms with Crippen LogP contribution < -0.4 is 15.4 Å². The van der Waals surface area contributed by atoms with E-state index >= 15 is 0 Å². The highest BCUT2D eigenvalue weighted by Gasteiger charge is 2.07. The molecule has 0 unspecified atom stereocenters. The molecule has 0 radical (unpaired) electrons. The predicted molar refractivity (Wildman–Crippen MR) is 102 cm³/mol. The highest BCUT2D eigenvalue weighted by atomic mass is 19.1. The van der Waals surface area contributed by atoms with E-state index < -0.39 is 0 Å². The maximum Gasteiger partial charge on any atom is 0.191 e. The maximum absolute atomic E-state index is 12.9. The first-order valence-corrected chi connectivity index (χ1v) is 8.42. The predicted octanol–water partition coefficient (Wildman–Crippen LogP) is 2.48. The minimum Gasteiger partial charge on any atom is -0.497 e. The van der Waals surface area contributed by atoms with E-state index in [1.807, 2.05) is 24.3 Å². The van der Waals surface area contributed by atoms with Crippen LogP contribution in [0.2, 0.25) is 0 Å². The molecule has 0 fully saturated rings. The Bertz CT molecular complexity index is 889. The van der Waals surface area contributed by atoms with E-state index in [0.29, 0.717) is 30.7 Å². The first-order chi connectivity index (χ1) is 13.2. The van der Waals surface area contributed by atoms with Crippen molar-refractivity contribution in [3.8, 4) is 17.1 Å². The van der Waals surface area contributed by atoms with E-state index in [1.54, 1.807) is 26.3 Å². The average molecular weight is 368 g/mol. The lowest BCUT2D eigenvalue weighted by Gasteiger charge is -2.10. The molecule has 0 bridgehead atoms. The lowest BCUT2D eigenvalue weighted by molar-refractivity contribution is 0.415. The number of halogens is 1. The van der Waals surface area contributed by atoms with Crippen molar-refractivity contribution >= 4 is 5.96 Å². The monoisotopic (exact) mass is 368 g/mol. The van der Waals surface area contributed by atoms with Gasteiger partial charge in [0.25, 0.3) is 0 Å². The fraction of sp³-hybridized carbons (Fsp3) is 0.211. The van der Waals surface area contributed by atoms with Gasteiger partial charge in [0.15, 0.2) is 11.8 Å². The SMILES string of the molecule is CN=C(NCc1ccc(F)cc1)NCc1nc(-c2ccc(OC)cc2)n[nH]1. The number of nitrogens with one attached hydrogen (secondary N) is 3. The van der Waals surface area contributed by atoms with Crippen LogP contribution in [0, 0.1) is 5.82 Å². The van der Waals surface area contributed by atoms with Gasteiger partial charge in [0, 0.05) is 19.2 Å². The number of hydrogen-bond acceptors (Lipinski definition) is 4. The van der Waals surface area contributed by atoms with Crippen LogP contribution in [0.4, 0.5) is 4.39 Å². The molecule has 140 valence electrons. The summed E-state index contributed by atoms with van der Waals surface area (Å²) in [6, 6.07) is 13.9. The molecule has 7 nitrogen and oxygen atoms in total. The highest BCUT2D eigenvalue weighted by molar-refractivity contribution is 5.79. The number of hydrogen-bond donors (Lipinski definition) is 3. The topological polar surface area (TPSA) is 87.2 Å². The first-order valence-electron chi connectivity index (χ1n) is 8.42. The van der Waals surface area contributed by atoms with E-state index in [-0.39, 0.29) is 5.82 Å². The largest absolute Gasteiger partial charge is 0.497 e. The summed E-state index contributed by atoms with van der Waals surface area (Å²) in [5.41, 5.74) is 1.86. The molecule has 3 aromatic rings. The van der Waals surface area contributed by atoms with Crippen molar-refractivity contribution in [2.24, 2.45) is 4.99 Å². The van der Waals surface area contributed by atoms with Gasteiger partial charge in [-0.3, -0.25) is 10.1 Å². The summed E-state index contributed by atoms with van der Waals surface area (Å²) in [5, 5.41) is 13.5. The molecule has 0 saturated heterocycles. The molecule has 0 saturated carbocycles. The van der Waals surface area contributed by atoms with Crippen molar-refractivity contribution in [1.29, 1.82) is 0 Å². The molecule has 0 aliphatic carbocycles. The second kappa shape index (κ2) is 8.79. The molecule has 27 heavy (non-hydrogen) atoms. The van der Waals surface area contributed by atoms with Crippen molar-refractivity contribution in [2.75, 3.05) is 14.2 Å². The Balaban J connectivity index is 1.53. The molecule has 1 aromatic heterocycles. The third-order valence-electron chi connectivity index (χ3n) is 3.90. The molecule has 0 spiro atoms. The summed E-state index contributed by atoms with van der Waals surface area (Å²) < 4.78 is 18.1. The van der Waals surface area contributed by atoms with Crippen LogP contribution in [0.5, 0.6) is 5.75 Å². The van der Waals surface area contributed by atoms with E-state index in [0.717, 1.165) is 16.9 Å². The van der Waals surface area contributed by atoms with Crippen LogP contribution in [0.15, 0.2) is 53.5 Å². The third-order valence-corrected chi connectivity index (χ3v) is 3.90. The smallest absolute Gasteiger partial charge is 0.191 e. The summed E-state index contributed by atoms with van der Waals surface area (Å²) in [4.78, 5) is 8.64. The molecule has 0 aliphatic rings. The lowest BCUT2D eigenvalue weighted by atomic mass is 10.2. The van der Waals surface area contributed by atoms with Crippen LogP contribution >= 0.6 is 0 Å². The van der Waals surface area contributed by atoms with E-state index in [4.69, 9.17) is 4.74 Å². The zero-order chi connectivity index (χ0) is 19.1. The van der Waals surface area contributed by atoms with Crippen LogP contribution in [-0.2, 0) is 13.1 Å². The Hall–Kier alpha value is -3.42. The zero-order valence-corrected chi connectivity index (χ0v) is 15.2. The van der Waals surface area contributed by atoms with Gasteiger partial charge in [-0.1, -0.05) is 12.1 Å². The van der Waals surface area contributed by atoms with Crippen molar-refractivity contribution in [1.82, 2.24) is 25.8 Å². The van der Waals surface area contributed by atoms with Crippen LogP contribution in [0.25, 0.3) is 11.4 Å². The Morgan fingerprint density at radius 3 is 2.44 bits per heavy atom. The van der Waals surface area contributed by atoms with Crippen molar-refractivity contribution in [3.05, 3.63) is 65.7 Å². The lowest BCUT2D eigenvalue weighted by Crippen LogP contribution is -2.36. The van der Waals surface area contributed by atoms with E-state index in [2.05, 4.69) is 30.8 Å². The summed E-state index contributed by atoms with van der Waals surface area (Å²) in [6.07, 6.45) is 0. The molecule has 8 heteroatoms. The quantitative estimate of drug-likeness (QED) is 0.460. The zero-order valence-electron chi connectivity index (χ0n) is 15.2. The Morgan fingerprint density at radius 1 is 1.07 bits per heavy atom. The van der Waals surface area contributed by atoms with Crippen molar-refractivity contribution < 1.29 is 9.13 Å². The van der Waals surface area contributed by atoms with Gasteiger partial charge in [-0.15, -0.1) is 0 Å². The number of benzene rings is 2. The van der Waals surface area contributed by atoms with Crippen LogP contribution in [0.3, 0.4) is 0 Å². The number of guanidine groups is 1. The summed E-state index contributed by atoms with van der Waals surface area (Å²) in [7, 11) is 3.31. The standard InChI is InChI=1S/C19H21FN6O/c1-21-19(22-11-13-3-7-15(20)8-4-13)23-12-17-24-18(26-25-17)14-5-9-16(27-2)10-6-14/h3-10H,11-12H2,1-2H3,(H2,21,22,23)(H,24,25,26). The number of nitrogens with zero attached hydrogens (tertiary/aromatic N) is 3. The number of methoxy groups -OCH3 is 1. The average Bonchev–Trinajstić information content (AvgIpc) is 3.18. The maximum atomic E-state index is 12.9. The molecule has 0 amide bonds. The van der Waals surface area contributed by atoms with Gasteiger partial charge in [0.05, 0.1) is 13.7 Å². The molecule has 0 aliphatic heterocycles. The highest BCUT2D eigenvalue weighted by Crippen LogP contribution is 2.18. The minimum atomic E-state index is -0.251. The summed E-state index contributed by atoms with van der Waals surface area (Å²) in [5.74, 6) is 2.45. The van der Waals surface area contributed by atoms with Gasteiger partial charge in [-0.05, 0) is 42.0 Å². The summed E-state index contributed by atoms with van der Waals surface area (Å²) in [6.45, 7) is 0.972. The van der Waals surface area contributed by atoms with Gasteiger partial charge >= 0.3 is 0 Å². The molecule has 2 aromatic carbocycles. The van der Waals surface area contributed by atoms with Gasteiger partial charge in [0.2, 0.25) is 0 Å². The number of rotatable bonds is 6. The van der Waals surface area contributed by atoms with E-state index in [1.165, 1.54) is 12.1 Å². The van der Waals surface area contributed by atoms with Gasteiger partial charge < -0.3 is 15.4 Å². The Morgan fingerprint density at radius 2 is 1.78 bits per heavy atom. The molecule has 0 atom stereocenters. The second-order valence-electron chi connectivity index (χ2n) is 5.74. The third kappa shape index (κ3) is 5.04. The van der Waals surface area contributed by atoms with Crippen LogP contribution in [0.1, 0.15) is 11.4 Å². The van der Waals surface area contributed by atoms with Crippen molar-refractivity contribution in [3.63, 3.8) is 0 Å². The number of H-pyrrole nitrogens is 1. The minimum absolute atomic E-state index is 0.251. The summed E-state index contributed by atoms with van der Waals surface area (Å²) >= 11 is 0.